The van der Waals surface area contributed by atoms with Crippen LogP contribution in [0.2, 0.25) is 0 Å². The van der Waals surface area contributed by atoms with E-state index in [1.807, 2.05) is 30.3 Å². The summed E-state index contributed by atoms with van der Waals surface area (Å²) in [6.07, 6.45) is 0. The third-order valence-electron chi connectivity index (χ3n) is 8.90. The molecule has 0 radical (unpaired) electrons. The van der Waals surface area contributed by atoms with E-state index in [0.29, 0.717) is 10.3 Å². The summed E-state index contributed by atoms with van der Waals surface area (Å²) in [6.45, 7) is 0. The molecule has 4 nitrogen and oxygen atoms in total. The molecular weight excluding hydrogens is 559 g/mol. The molecule has 1 aliphatic heterocycles. The van der Waals surface area contributed by atoms with Gasteiger partial charge in [0, 0.05) is 10.4 Å². The maximum Gasteiger partial charge on any atom is 0.266 e. The van der Waals surface area contributed by atoms with Crippen LogP contribution < -0.4 is 10.5 Å². The van der Waals surface area contributed by atoms with Crippen LogP contribution in [0.1, 0.15) is 22.3 Å². The summed E-state index contributed by atoms with van der Waals surface area (Å²) < 4.78 is 2.65. The van der Waals surface area contributed by atoms with Crippen LogP contribution in [-0.2, 0) is 5.41 Å². The van der Waals surface area contributed by atoms with Crippen LogP contribution in [0.4, 0.5) is 17.1 Å². The number of para-hydroxylation sites is 4. The standard InChI is InChI=1S/C39H25N3OS/c43-37-29-24-23-28(25-36(29)44-38-40-32-19-9-12-22-35(32)42(37)38)41-33-20-10-7-17-30(33)39(26-13-3-1-4-14-26,27-15-5-2-6-16-27)31-18-8-11-21-34(31)41/h1-25H. The average Bonchev–Trinajstić information content (AvgIpc) is 3.46. The van der Waals surface area contributed by atoms with Crippen molar-refractivity contribution in [1.29, 1.82) is 0 Å². The molecule has 9 rings (SSSR count). The van der Waals surface area contributed by atoms with Gasteiger partial charge in [-0.25, -0.2) is 9.38 Å². The van der Waals surface area contributed by atoms with Crippen LogP contribution >= 0.6 is 11.3 Å². The lowest BCUT2D eigenvalue weighted by atomic mass is 9.62. The van der Waals surface area contributed by atoms with E-state index in [1.54, 1.807) is 15.7 Å². The minimum absolute atomic E-state index is 0.0411. The summed E-state index contributed by atoms with van der Waals surface area (Å²) in [4.78, 5) is 21.6. The zero-order valence-electron chi connectivity index (χ0n) is 23.6. The van der Waals surface area contributed by atoms with Crippen molar-refractivity contribution >= 4 is 54.5 Å². The number of hydrogen-bond donors (Lipinski definition) is 0. The molecule has 0 amide bonds. The van der Waals surface area contributed by atoms with Gasteiger partial charge in [0.05, 0.1) is 33.2 Å². The van der Waals surface area contributed by atoms with Gasteiger partial charge in [0.25, 0.3) is 5.56 Å². The van der Waals surface area contributed by atoms with E-state index in [0.717, 1.165) is 32.8 Å². The molecule has 3 heterocycles. The number of nitrogens with zero attached hydrogens (tertiary/aromatic N) is 3. The predicted octanol–water partition coefficient (Wildman–Crippen LogP) is 9.23. The Morgan fingerprint density at radius 2 is 1.16 bits per heavy atom. The van der Waals surface area contributed by atoms with Gasteiger partial charge in [-0.1, -0.05) is 121 Å². The topological polar surface area (TPSA) is 37.6 Å². The number of hydrogen-bond acceptors (Lipinski definition) is 4. The summed E-state index contributed by atoms with van der Waals surface area (Å²) in [5.41, 5.74) is 9.18. The normalized spacial score (nSPS) is 13.7. The molecule has 1 aliphatic rings. The number of aromatic nitrogens is 2. The summed E-state index contributed by atoms with van der Waals surface area (Å²) >= 11 is 1.55. The first-order chi connectivity index (χ1) is 21.7. The van der Waals surface area contributed by atoms with E-state index in [1.165, 1.54) is 22.3 Å². The summed E-state index contributed by atoms with van der Waals surface area (Å²) in [5.74, 6) is 0. The Labute approximate surface area is 257 Å². The Morgan fingerprint density at radius 1 is 0.591 bits per heavy atom. The van der Waals surface area contributed by atoms with Crippen LogP contribution in [0.15, 0.2) is 156 Å². The van der Waals surface area contributed by atoms with Gasteiger partial charge in [0.1, 0.15) is 0 Å². The van der Waals surface area contributed by atoms with Crippen LogP contribution in [0, 0.1) is 0 Å². The number of rotatable bonds is 3. The van der Waals surface area contributed by atoms with Gasteiger partial charge >= 0.3 is 0 Å². The first-order valence-corrected chi connectivity index (χ1v) is 15.5. The van der Waals surface area contributed by atoms with Crippen molar-refractivity contribution in [1.82, 2.24) is 9.38 Å². The van der Waals surface area contributed by atoms with E-state index in [9.17, 15) is 4.79 Å². The summed E-state index contributed by atoms with van der Waals surface area (Å²) in [5, 5.41) is 0.691. The predicted molar refractivity (Wildman–Crippen MR) is 181 cm³/mol. The van der Waals surface area contributed by atoms with E-state index in [-0.39, 0.29) is 5.56 Å². The highest BCUT2D eigenvalue weighted by atomic mass is 32.1. The lowest BCUT2D eigenvalue weighted by Gasteiger charge is -2.46. The van der Waals surface area contributed by atoms with E-state index in [4.69, 9.17) is 4.98 Å². The van der Waals surface area contributed by atoms with Gasteiger partial charge in [0.2, 0.25) is 0 Å². The fraction of sp³-hybridized carbons (Fsp3) is 0.0256. The highest BCUT2D eigenvalue weighted by Gasteiger charge is 2.46. The molecule has 208 valence electrons. The van der Waals surface area contributed by atoms with Crippen LogP contribution in [0.3, 0.4) is 0 Å². The molecule has 0 N–H and O–H groups in total. The third-order valence-corrected chi connectivity index (χ3v) is 9.91. The van der Waals surface area contributed by atoms with E-state index >= 15 is 0 Å². The fourth-order valence-corrected chi connectivity index (χ4v) is 8.15. The number of fused-ring (bicyclic) bond motifs is 6. The van der Waals surface area contributed by atoms with Crippen LogP contribution in [0.25, 0.3) is 26.1 Å². The smallest absolute Gasteiger partial charge is 0.266 e. The van der Waals surface area contributed by atoms with Gasteiger partial charge in [-0.15, -0.1) is 0 Å². The second-order valence-electron chi connectivity index (χ2n) is 11.2. The lowest BCUT2D eigenvalue weighted by Crippen LogP contribution is -2.37. The molecule has 0 spiro atoms. The van der Waals surface area contributed by atoms with Crippen molar-refractivity contribution in [3.05, 3.63) is 184 Å². The molecule has 0 bridgehead atoms. The maximum atomic E-state index is 13.8. The van der Waals surface area contributed by atoms with Crippen molar-refractivity contribution < 1.29 is 0 Å². The largest absolute Gasteiger partial charge is 0.310 e. The molecule has 0 fully saturated rings. The number of imidazole rings is 1. The molecule has 44 heavy (non-hydrogen) atoms. The second kappa shape index (κ2) is 9.49. The molecule has 0 saturated heterocycles. The highest BCUT2D eigenvalue weighted by molar-refractivity contribution is 7.23. The van der Waals surface area contributed by atoms with Crippen LogP contribution in [0.5, 0.6) is 0 Å². The van der Waals surface area contributed by atoms with Gasteiger partial charge in [0.15, 0.2) is 4.96 Å². The van der Waals surface area contributed by atoms with Gasteiger partial charge < -0.3 is 4.90 Å². The molecule has 0 aliphatic carbocycles. The molecule has 0 atom stereocenters. The zero-order chi connectivity index (χ0) is 29.3. The van der Waals surface area contributed by atoms with Crippen molar-refractivity contribution in [2.24, 2.45) is 0 Å². The van der Waals surface area contributed by atoms with Gasteiger partial charge in [-0.2, -0.15) is 0 Å². The molecule has 0 unspecified atom stereocenters. The first-order valence-electron chi connectivity index (χ1n) is 14.7. The maximum absolute atomic E-state index is 13.8. The average molecular weight is 584 g/mol. The van der Waals surface area contributed by atoms with E-state index in [2.05, 4.69) is 126 Å². The monoisotopic (exact) mass is 583 g/mol. The molecular formula is C39H25N3OS. The molecule has 5 heteroatoms. The van der Waals surface area contributed by atoms with Crippen molar-refractivity contribution in [3.8, 4) is 0 Å². The summed E-state index contributed by atoms with van der Waals surface area (Å²) in [6, 6.07) is 53.1. The molecule has 0 saturated carbocycles. The fourth-order valence-electron chi connectivity index (χ4n) is 7.09. The van der Waals surface area contributed by atoms with Crippen molar-refractivity contribution in [2.45, 2.75) is 5.41 Å². The minimum atomic E-state index is -0.518. The lowest BCUT2D eigenvalue weighted by molar-refractivity contribution is 0.731. The van der Waals surface area contributed by atoms with Gasteiger partial charge in [-0.05, 0) is 64.7 Å². The Balaban J connectivity index is 1.34. The Morgan fingerprint density at radius 3 is 1.82 bits per heavy atom. The molecule has 2 aromatic heterocycles. The first kappa shape index (κ1) is 25.0. The van der Waals surface area contributed by atoms with Crippen molar-refractivity contribution in [3.63, 3.8) is 0 Å². The van der Waals surface area contributed by atoms with Crippen LogP contribution in [-0.4, -0.2) is 9.38 Å². The Bertz CT molecular complexity index is 2340. The second-order valence-corrected chi connectivity index (χ2v) is 12.2. The zero-order valence-corrected chi connectivity index (χ0v) is 24.4. The van der Waals surface area contributed by atoms with Crippen molar-refractivity contribution in [2.75, 3.05) is 4.90 Å². The molecule has 6 aromatic carbocycles. The minimum Gasteiger partial charge on any atom is -0.310 e. The quantitative estimate of drug-likeness (QED) is 0.208. The number of anilines is 3. The summed E-state index contributed by atoms with van der Waals surface area (Å²) in [7, 11) is 0. The Hall–Kier alpha value is -5.52. The highest BCUT2D eigenvalue weighted by Crippen LogP contribution is 2.57. The van der Waals surface area contributed by atoms with E-state index < -0.39 is 5.41 Å². The SMILES string of the molecule is O=c1c2ccc(N3c4ccccc4C(c4ccccc4)(c4ccccc4)c4ccccc43)cc2sc2nc3ccccc3n12. The third kappa shape index (κ3) is 3.38. The Kier molecular flexibility index (Phi) is 5.40. The molecule has 8 aromatic rings. The van der Waals surface area contributed by atoms with Gasteiger partial charge in [-0.3, -0.25) is 4.79 Å². The number of benzene rings is 6.